The average Bonchev–Trinajstić information content (AvgIpc) is 2.97. The van der Waals surface area contributed by atoms with E-state index in [1.807, 2.05) is 0 Å². The number of nitrogens with zero attached hydrogens (tertiary/aromatic N) is 1. The second-order valence-corrected chi connectivity index (χ2v) is 5.45. The van der Waals surface area contributed by atoms with Gasteiger partial charge in [0.05, 0.1) is 13.7 Å². The van der Waals surface area contributed by atoms with Gasteiger partial charge < -0.3 is 10.1 Å². The number of carbonyl (C=O) groups is 2. The van der Waals surface area contributed by atoms with Crippen molar-refractivity contribution in [3.05, 3.63) is 35.4 Å². The number of nitrogens with one attached hydrogen (secondary N) is 1. The molecule has 1 atom stereocenters. The molecule has 0 radical (unpaired) electrons. The molecule has 1 aromatic carbocycles. The maximum Gasteiger partial charge on any atom is 0.323 e. The van der Waals surface area contributed by atoms with Crippen LogP contribution in [0.4, 0.5) is 8.78 Å². The molecule has 0 unspecified atom stereocenters. The fourth-order valence-corrected chi connectivity index (χ4v) is 2.76. The van der Waals surface area contributed by atoms with Gasteiger partial charge in [-0.15, -0.1) is 0 Å². The Morgan fingerprint density at radius 1 is 1.35 bits per heavy atom. The number of ether oxygens (including phenoxy) is 1. The van der Waals surface area contributed by atoms with Gasteiger partial charge >= 0.3 is 5.97 Å². The summed E-state index contributed by atoms with van der Waals surface area (Å²) in [7, 11) is 1.32. The molecule has 1 amide bonds. The lowest BCUT2D eigenvalue weighted by molar-refractivity contribution is -0.146. The number of esters is 1. The van der Waals surface area contributed by atoms with Crippen molar-refractivity contribution in [2.24, 2.45) is 0 Å². The average molecular weight is 326 g/mol. The Balaban J connectivity index is 1.80. The molecular formula is C16H20F2N2O3. The Morgan fingerprint density at radius 2 is 2.04 bits per heavy atom. The van der Waals surface area contributed by atoms with Crippen molar-refractivity contribution in [2.45, 2.75) is 25.3 Å². The summed E-state index contributed by atoms with van der Waals surface area (Å²) in [4.78, 5) is 25.3. The van der Waals surface area contributed by atoms with Gasteiger partial charge in [0.25, 0.3) is 0 Å². The summed E-state index contributed by atoms with van der Waals surface area (Å²) in [5.74, 6) is -1.87. The van der Waals surface area contributed by atoms with E-state index in [4.69, 9.17) is 4.74 Å². The Morgan fingerprint density at radius 3 is 2.70 bits per heavy atom. The number of carbonyl (C=O) groups excluding carboxylic acids is 2. The fraction of sp³-hybridized carbons (Fsp3) is 0.500. The standard InChI is InChI=1S/C16H20F2N2O3/c1-23-16(22)14-6-3-9-20(14)10-15(21)19-8-7-11-12(17)4-2-5-13(11)18/h2,4-5,14H,3,6-10H2,1H3,(H,19,21)/t14-/m0/s1. The highest BCUT2D eigenvalue weighted by Gasteiger charge is 2.32. The molecule has 126 valence electrons. The van der Waals surface area contributed by atoms with E-state index >= 15 is 0 Å². The van der Waals surface area contributed by atoms with Gasteiger partial charge in [-0.1, -0.05) is 6.07 Å². The summed E-state index contributed by atoms with van der Waals surface area (Å²) in [6.45, 7) is 0.849. The van der Waals surface area contributed by atoms with Gasteiger partial charge in [-0.2, -0.15) is 0 Å². The zero-order chi connectivity index (χ0) is 16.8. The fourth-order valence-electron chi connectivity index (χ4n) is 2.76. The van der Waals surface area contributed by atoms with Crippen LogP contribution >= 0.6 is 0 Å². The Bertz CT molecular complexity index is 560. The van der Waals surface area contributed by atoms with E-state index in [1.165, 1.54) is 25.3 Å². The van der Waals surface area contributed by atoms with E-state index in [-0.39, 0.29) is 37.0 Å². The van der Waals surface area contributed by atoms with Crippen LogP contribution < -0.4 is 5.32 Å². The minimum atomic E-state index is -0.621. The first-order valence-corrected chi connectivity index (χ1v) is 7.54. The highest BCUT2D eigenvalue weighted by Crippen LogP contribution is 2.17. The van der Waals surface area contributed by atoms with Crippen LogP contribution in [-0.2, 0) is 20.7 Å². The van der Waals surface area contributed by atoms with Crippen molar-refractivity contribution in [1.29, 1.82) is 0 Å². The number of benzene rings is 1. The first-order valence-electron chi connectivity index (χ1n) is 7.54. The van der Waals surface area contributed by atoms with Crippen LogP contribution in [0.2, 0.25) is 0 Å². The summed E-state index contributed by atoms with van der Waals surface area (Å²) < 4.78 is 31.7. The molecule has 1 N–H and O–H groups in total. The second-order valence-electron chi connectivity index (χ2n) is 5.45. The third kappa shape index (κ3) is 4.48. The molecule has 1 fully saturated rings. The van der Waals surface area contributed by atoms with E-state index in [1.54, 1.807) is 4.90 Å². The molecule has 0 aromatic heterocycles. The van der Waals surface area contributed by atoms with Gasteiger partial charge in [-0.25, -0.2) is 8.78 Å². The zero-order valence-electron chi connectivity index (χ0n) is 13.0. The summed E-state index contributed by atoms with van der Waals surface area (Å²) in [5, 5.41) is 2.62. The minimum Gasteiger partial charge on any atom is -0.468 e. The number of methoxy groups -OCH3 is 1. The summed E-state index contributed by atoms with van der Waals surface area (Å²) in [6.07, 6.45) is 1.57. The minimum absolute atomic E-state index is 0.0404. The SMILES string of the molecule is COC(=O)[C@@H]1CCCN1CC(=O)NCCc1c(F)cccc1F. The lowest BCUT2D eigenvalue weighted by atomic mass is 10.1. The quantitative estimate of drug-likeness (QED) is 0.800. The van der Waals surface area contributed by atoms with Crippen molar-refractivity contribution in [3.63, 3.8) is 0 Å². The smallest absolute Gasteiger partial charge is 0.323 e. The maximum atomic E-state index is 13.5. The lowest BCUT2D eigenvalue weighted by Crippen LogP contribution is -2.43. The molecule has 0 aliphatic carbocycles. The number of hydrogen-bond donors (Lipinski definition) is 1. The molecular weight excluding hydrogens is 306 g/mol. The number of likely N-dealkylation sites (tertiary alicyclic amines) is 1. The van der Waals surface area contributed by atoms with Crippen molar-refractivity contribution in [1.82, 2.24) is 10.2 Å². The van der Waals surface area contributed by atoms with Gasteiger partial charge in [0.1, 0.15) is 17.7 Å². The third-order valence-corrected chi connectivity index (χ3v) is 3.94. The largest absolute Gasteiger partial charge is 0.468 e. The van der Waals surface area contributed by atoms with E-state index in [0.717, 1.165) is 6.42 Å². The number of hydrogen-bond acceptors (Lipinski definition) is 4. The van der Waals surface area contributed by atoms with Crippen molar-refractivity contribution in [2.75, 3.05) is 26.7 Å². The monoisotopic (exact) mass is 326 g/mol. The van der Waals surface area contributed by atoms with Crippen LogP contribution in [0.15, 0.2) is 18.2 Å². The van der Waals surface area contributed by atoms with Gasteiger partial charge in [0.15, 0.2) is 0 Å². The van der Waals surface area contributed by atoms with E-state index < -0.39 is 17.7 Å². The van der Waals surface area contributed by atoms with E-state index in [9.17, 15) is 18.4 Å². The van der Waals surface area contributed by atoms with Gasteiger partial charge in [-0.05, 0) is 37.9 Å². The van der Waals surface area contributed by atoms with Crippen LogP contribution in [0.25, 0.3) is 0 Å². The highest BCUT2D eigenvalue weighted by atomic mass is 19.1. The summed E-state index contributed by atoms with van der Waals surface area (Å²) >= 11 is 0. The predicted molar refractivity (Wildman–Crippen MR) is 79.7 cm³/mol. The van der Waals surface area contributed by atoms with Gasteiger partial charge in [0.2, 0.25) is 5.91 Å². The van der Waals surface area contributed by atoms with E-state index in [0.29, 0.717) is 13.0 Å². The molecule has 1 heterocycles. The zero-order valence-corrected chi connectivity index (χ0v) is 13.0. The topological polar surface area (TPSA) is 58.6 Å². The Kier molecular flexibility index (Phi) is 6.04. The summed E-state index contributed by atoms with van der Waals surface area (Å²) in [6, 6.07) is 3.28. The number of rotatable bonds is 6. The lowest BCUT2D eigenvalue weighted by Gasteiger charge is -2.21. The first-order chi connectivity index (χ1) is 11.0. The molecule has 0 saturated carbocycles. The molecule has 5 nitrogen and oxygen atoms in total. The van der Waals surface area contributed by atoms with Crippen molar-refractivity contribution >= 4 is 11.9 Å². The molecule has 7 heteroatoms. The normalized spacial score (nSPS) is 18.0. The van der Waals surface area contributed by atoms with Crippen LogP contribution in [0.1, 0.15) is 18.4 Å². The molecule has 1 aliphatic heterocycles. The van der Waals surface area contributed by atoms with Crippen molar-refractivity contribution in [3.8, 4) is 0 Å². The molecule has 2 rings (SSSR count). The van der Waals surface area contributed by atoms with Crippen LogP contribution in [0.5, 0.6) is 0 Å². The Hall–Kier alpha value is -2.02. The third-order valence-electron chi connectivity index (χ3n) is 3.94. The molecule has 1 saturated heterocycles. The molecule has 1 aliphatic rings. The Labute approximate surface area is 133 Å². The molecule has 23 heavy (non-hydrogen) atoms. The van der Waals surface area contributed by atoms with Gasteiger partial charge in [0, 0.05) is 12.1 Å². The molecule has 1 aromatic rings. The van der Waals surface area contributed by atoms with Crippen LogP contribution in [0, 0.1) is 11.6 Å². The van der Waals surface area contributed by atoms with Gasteiger partial charge in [-0.3, -0.25) is 14.5 Å². The predicted octanol–water partition coefficient (Wildman–Crippen LogP) is 1.26. The number of amides is 1. The maximum absolute atomic E-state index is 13.5. The van der Waals surface area contributed by atoms with E-state index in [2.05, 4.69) is 5.32 Å². The molecule has 0 spiro atoms. The van der Waals surface area contributed by atoms with Crippen molar-refractivity contribution < 1.29 is 23.1 Å². The summed E-state index contributed by atoms with van der Waals surface area (Å²) in [5.41, 5.74) is -0.0404. The van der Waals surface area contributed by atoms with Crippen LogP contribution in [-0.4, -0.2) is 49.6 Å². The number of halogens is 2. The second kappa shape index (κ2) is 8.01. The molecule has 0 bridgehead atoms. The van der Waals surface area contributed by atoms with Crippen LogP contribution in [0.3, 0.4) is 0 Å². The first kappa shape index (κ1) is 17.3. The highest BCUT2D eigenvalue weighted by molar-refractivity contribution is 5.80.